The molecule has 1 saturated heterocycles. The van der Waals surface area contributed by atoms with E-state index in [4.69, 9.17) is 14.2 Å². The third-order valence-corrected chi connectivity index (χ3v) is 5.06. The molecule has 0 saturated carbocycles. The lowest BCUT2D eigenvalue weighted by molar-refractivity contribution is 0.0782. The lowest BCUT2D eigenvalue weighted by atomic mass is 10.1. The first-order chi connectivity index (χ1) is 14.2. The number of amides is 1. The maximum absolute atomic E-state index is 11.7. The topological polar surface area (TPSA) is 51.2 Å². The molecule has 0 N–H and O–H groups in total. The van der Waals surface area contributed by atoms with Crippen molar-refractivity contribution in [2.24, 2.45) is 0 Å². The van der Waals surface area contributed by atoms with Crippen molar-refractivity contribution in [3.8, 4) is 22.6 Å². The smallest absolute Gasteiger partial charge is 0.409 e. The Bertz CT molecular complexity index is 753. The normalized spacial score (nSPS) is 14.5. The van der Waals surface area contributed by atoms with Crippen LogP contribution in [0.25, 0.3) is 11.1 Å². The molecule has 0 atom stereocenters. The molecule has 2 aromatic rings. The Hall–Kier alpha value is -2.73. The number of ether oxygens (including phenoxy) is 3. The number of carbonyl (C=O) groups is 1. The molecule has 1 fully saturated rings. The number of nitrogens with zero attached hydrogens (tertiary/aromatic N) is 2. The molecule has 29 heavy (non-hydrogen) atoms. The molecule has 1 heterocycles. The van der Waals surface area contributed by atoms with E-state index < -0.39 is 0 Å². The Labute approximate surface area is 173 Å². The summed E-state index contributed by atoms with van der Waals surface area (Å²) in [5, 5.41) is 0. The SMILES string of the molecule is CCOC(=O)N1CCN(CCCOc2ccc(-c3ccc(OC)cc3)cc2)CC1. The Morgan fingerprint density at radius 2 is 1.48 bits per heavy atom. The quantitative estimate of drug-likeness (QED) is 0.631. The van der Waals surface area contributed by atoms with Crippen LogP contribution in [-0.4, -0.2) is 68.9 Å². The van der Waals surface area contributed by atoms with Crippen molar-refractivity contribution >= 4 is 6.09 Å². The highest BCUT2D eigenvalue weighted by Crippen LogP contribution is 2.24. The number of rotatable bonds is 8. The van der Waals surface area contributed by atoms with Crippen LogP contribution in [0.2, 0.25) is 0 Å². The predicted molar refractivity (Wildman–Crippen MR) is 114 cm³/mol. The second-order valence-corrected chi connectivity index (χ2v) is 6.98. The summed E-state index contributed by atoms with van der Waals surface area (Å²) in [5.74, 6) is 1.74. The van der Waals surface area contributed by atoms with Crippen LogP contribution in [0.3, 0.4) is 0 Å². The minimum atomic E-state index is -0.200. The minimum absolute atomic E-state index is 0.200. The van der Waals surface area contributed by atoms with Crippen molar-refractivity contribution in [1.82, 2.24) is 9.80 Å². The van der Waals surface area contributed by atoms with Gasteiger partial charge in [-0.2, -0.15) is 0 Å². The Morgan fingerprint density at radius 1 is 0.897 bits per heavy atom. The van der Waals surface area contributed by atoms with Gasteiger partial charge in [0.05, 0.1) is 20.3 Å². The fourth-order valence-corrected chi connectivity index (χ4v) is 3.37. The first-order valence-electron chi connectivity index (χ1n) is 10.2. The number of carbonyl (C=O) groups excluding carboxylic acids is 1. The summed E-state index contributed by atoms with van der Waals surface area (Å²) in [4.78, 5) is 15.9. The lowest BCUT2D eigenvalue weighted by Crippen LogP contribution is -2.49. The first kappa shape index (κ1) is 21.0. The number of hydrogen-bond donors (Lipinski definition) is 0. The predicted octanol–water partition coefficient (Wildman–Crippen LogP) is 3.91. The van der Waals surface area contributed by atoms with Crippen molar-refractivity contribution in [1.29, 1.82) is 0 Å². The van der Waals surface area contributed by atoms with Gasteiger partial charge >= 0.3 is 6.09 Å². The molecule has 0 aliphatic carbocycles. The first-order valence-corrected chi connectivity index (χ1v) is 10.2. The van der Waals surface area contributed by atoms with E-state index in [1.54, 1.807) is 12.0 Å². The summed E-state index contributed by atoms with van der Waals surface area (Å²) < 4.78 is 16.1. The van der Waals surface area contributed by atoms with Gasteiger partial charge in [-0.3, -0.25) is 4.90 Å². The van der Waals surface area contributed by atoms with Crippen LogP contribution in [-0.2, 0) is 4.74 Å². The molecule has 0 radical (unpaired) electrons. The van der Waals surface area contributed by atoms with Gasteiger partial charge in [-0.25, -0.2) is 4.79 Å². The van der Waals surface area contributed by atoms with Crippen molar-refractivity contribution in [3.05, 3.63) is 48.5 Å². The lowest BCUT2D eigenvalue weighted by Gasteiger charge is -2.33. The Kier molecular flexibility index (Phi) is 7.76. The number of benzene rings is 2. The average Bonchev–Trinajstić information content (AvgIpc) is 2.78. The maximum atomic E-state index is 11.7. The Balaban J connectivity index is 1.36. The van der Waals surface area contributed by atoms with E-state index in [-0.39, 0.29) is 6.09 Å². The minimum Gasteiger partial charge on any atom is -0.497 e. The van der Waals surface area contributed by atoms with Gasteiger partial charge in [-0.1, -0.05) is 24.3 Å². The summed E-state index contributed by atoms with van der Waals surface area (Å²) in [7, 11) is 1.67. The fraction of sp³-hybridized carbons (Fsp3) is 0.435. The van der Waals surface area contributed by atoms with E-state index in [2.05, 4.69) is 29.2 Å². The monoisotopic (exact) mass is 398 g/mol. The van der Waals surface area contributed by atoms with Crippen molar-refractivity contribution in [2.75, 3.05) is 53.0 Å². The molecule has 0 bridgehead atoms. The number of methoxy groups -OCH3 is 1. The van der Waals surface area contributed by atoms with Crippen molar-refractivity contribution in [2.45, 2.75) is 13.3 Å². The summed E-state index contributed by atoms with van der Waals surface area (Å²) in [6.07, 6.45) is 0.758. The maximum Gasteiger partial charge on any atom is 0.409 e. The second-order valence-electron chi connectivity index (χ2n) is 6.98. The zero-order valence-electron chi connectivity index (χ0n) is 17.3. The van der Waals surface area contributed by atoms with E-state index in [9.17, 15) is 4.79 Å². The molecular formula is C23H30N2O4. The molecule has 0 aromatic heterocycles. The van der Waals surface area contributed by atoms with E-state index in [0.717, 1.165) is 61.8 Å². The van der Waals surface area contributed by atoms with Crippen molar-refractivity contribution in [3.63, 3.8) is 0 Å². The second kappa shape index (κ2) is 10.7. The van der Waals surface area contributed by atoms with Gasteiger partial charge in [0.15, 0.2) is 0 Å². The van der Waals surface area contributed by atoms with E-state index in [1.165, 1.54) is 0 Å². The summed E-state index contributed by atoms with van der Waals surface area (Å²) in [5.41, 5.74) is 2.30. The van der Waals surface area contributed by atoms with Crippen LogP contribution in [0.4, 0.5) is 4.79 Å². The van der Waals surface area contributed by atoms with Crippen LogP contribution >= 0.6 is 0 Å². The van der Waals surface area contributed by atoms with E-state index in [1.807, 2.05) is 31.2 Å². The van der Waals surface area contributed by atoms with Gasteiger partial charge in [0.2, 0.25) is 0 Å². The third-order valence-electron chi connectivity index (χ3n) is 5.06. The highest BCUT2D eigenvalue weighted by Gasteiger charge is 2.21. The standard InChI is InChI=1S/C23H30N2O4/c1-3-28-23(26)25-16-14-24(15-17-25)13-4-18-29-22-11-7-20(8-12-22)19-5-9-21(27-2)10-6-19/h5-12H,3-4,13-18H2,1-2H3. The Morgan fingerprint density at radius 3 is 2.03 bits per heavy atom. The van der Waals surface area contributed by atoms with Gasteiger partial charge < -0.3 is 19.1 Å². The van der Waals surface area contributed by atoms with Gasteiger partial charge in [0.1, 0.15) is 11.5 Å². The van der Waals surface area contributed by atoms with E-state index >= 15 is 0 Å². The summed E-state index contributed by atoms with van der Waals surface area (Å²) >= 11 is 0. The molecule has 0 spiro atoms. The fourth-order valence-electron chi connectivity index (χ4n) is 3.37. The summed E-state index contributed by atoms with van der Waals surface area (Å²) in [6.45, 7) is 7.14. The average molecular weight is 399 g/mol. The van der Waals surface area contributed by atoms with Crippen molar-refractivity contribution < 1.29 is 19.0 Å². The zero-order chi connectivity index (χ0) is 20.5. The molecule has 0 unspecified atom stereocenters. The van der Waals surface area contributed by atoms with E-state index in [0.29, 0.717) is 13.2 Å². The molecule has 2 aromatic carbocycles. The highest BCUT2D eigenvalue weighted by atomic mass is 16.6. The molecule has 1 aliphatic heterocycles. The number of piperazine rings is 1. The van der Waals surface area contributed by atoms with Crippen LogP contribution in [0.1, 0.15) is 13.3 Å². The molecule has 3 rings (SSSR count). The van der Waals surface area contributed by atoms with Gasteiger partial charge in [-0.05, 0) is 48.7 Å². The summed E-state index contributed by atoms with van der Waals surface area (Å²) in [6, 6.07) is 16.2. The van der Waals surface area contributed by atoms with Crippen LogP contribution < -0.4 is 9.47 Å². The zero-order valence-corrected chi connectivity index (χ0v) is 17.3. The van der Waals surface area contributed by atoms with Crippen LogP contribution in [0.5, 0.6) is 11.5 Å². The largest absolute Gasteiger partial charge is 0.497 e. The van der Waals surface area contributed by atoms with Crippen LogP contribution in [0, 0.1) is 0 Å². The molecule has 6 nitrogen and oxygen atoms in total. The molecule has 1 amide bonds. The molecule has 6 heteroatoms. The molecule has 156 valence electrons. The highest BCUT2D eigenvalue weighted by molar-refractivity contribution is 5.67. The third kappa shape index (κ3) is 6.12. The molecule has 1 aliphatic rings. The van der Waals surface area contributed by atoms with Gasteiger partial charge in [0.25, 0.3) is 0 Å². The van der Waals surface area contributed by atoms with Gasteiger partial charge in [-0.15, -0.1) is 0 Å². The number of hydrogen-bond acceptors (Lipinski definition) is 5. The van der Waals surface area contributed by atoms with Gasteiger partial charge in [0, 0.05) is 32.7 Å². The van der Waals surface area contributed by atoms with Crippen LogP contribution in [0.15, 0.2) is 48.5 Å². The molecular weight excluding hydrogens is 368 g/mol.